The fourth-order valence-electron chi connectivity index (χ4n) is 2.25. The third-order valence-electron chi connectivity index (χ3n) is 3.82. The van der Waals surface area contributed by atoms with Gasteiger partial charge in [-0.15, -0.1) is 0 Å². The molecule has 0 bridgehead atoms. The van der Waals surface area contributed by atoms with E-state index in [0.717, 1.165) is 11.1 Å². The number of rotatable bonds is 5. The number of carbonyl (C=O) groups is 1. The predicted octanol–water partition coefficient (Wildman–Crippen LogP) is 2.78. The highest BCUT2D eigenvalue weighted by atomic mass is 32.2. The summed E-state index contributed by atoms with van der Waals surface area (Å²) in [4.78, 5) is 12.4. The Labute approximate surface area is 137 Å². The quantitative estimate of drug-likeness (QED) is 0.916. The van der Waals surface area contributed by atoms with Crippen LogP contribution in [0, 0.1) is 13.8 Å². The summed E-state index contributed by atoms with van der Waals surface area (Å²) in [6.07, 6.45) is 0. The molecule has 0 fully saturated rings. The fourth-order valence-corrected chi connectivity index (χ4v) is 3.78. The second-order valence-corrected chi connectivity index (χ2v) is 7.89. The average Bonchev–Trinajstić information content (AvgIpc) is 2.53. The van der Waals surface area contributed by atoms with Crippen molar-refractivity contribution >= 4 is 15.7 Å². The molecule has 1 atom stereocenters. The largest absolute Gasteiger partial charge is 0.351 e. The lowest BCUT2D eigenvalue weighted by atomic mass is 10.1. The van der Waals surface area contributed by atoms with E-state index in [1.54, 1.807) is 25.1 Å². The van der Waals surface area contributed by atoms with Crippen LogP contribution in [0.5, 0.6) is 0 Å². The molecule has 0 saturated heterocycles. The number of sulfone groups is 1. The van der Waals surface area contributed by atoms with E-state index in [1.165, 1.54) is 13.0 Å². The summed E-state index contributed by atoms with van der Waals surface area (Å²) in [6, 6.07) is 14.4. The van der Waals surface area contributed by atoms with Crippen LogP contribution >= 0.6 is 0 Å². The normalized spacial score (nSPS) is 12.7. The Morgan fingerprint density at radius 2 is 1.65 bits per heavy atom. The fraction of sp³-hybridized carbons (Fsp3) is 0.278. The molecule has 0 aliphatic heterocycles. The summed E-state index contributed by atoms with van der Waals surface area (Å²) in [6.45, 7) is 5.45. The third-order valence-corrected chi connectivity index (χ3v) is 6.04. The molecule has 2 rings (SSSR count). The summed E-state index contributed by atoms with van der Waals surface area (Å²) < 4.78 is 25.2. The zero-order valence-corrected chi connectivity index (χ0v) is 14.4. The van der Waals surface area contributed by atoms with Crippen molar-refractivity contribution in [3.05, 3.63) is 65.2 Å². The first-order valence-corrected chi connectivity index (χ1v) is 9.00. The number of benzene rings is 2. The van der Waals surface area contributed by atoms with Gasteiger partial charge in [-0.2, -0.15) is 0 Å². The molecule has 0 saturated carbocycles. The number of hydrogen-bond donors (Lipinski definition) is 1. The molecular formula is C18H21NO3S. The maximum absolute atomic E-state index is 12.6. The van der Waals surface area contributed by atoms with Crippen LogP contribution in [0.2, 0.25) is 0 Å². The molecule has 122 valence electrons. The summed E-state index contributed by atoms with van der Waals surface area (Å²) >= 11 is 0. The van der Waals surface area contributed by atoms with E-state index in [9.17, 15) is 13.2 Å². The van der Waals surface area contributed by atoms with E-state index in [0.29, 0.717) is 12.1 Å². The number of carbonyl (C=O) groups excluding carboxylic acids is 1. The molecule has 2 aromatic carbocycles. The number of aryl methyl sites for hydroxylation is 2. The number of nitrogens with one attached hydrogen (secondary N) is 1. The van der Waals surface area contributed by atoms with Gasteiger partial charge in [0.15, 0.2) is 9.84 Å². The molecule has 2 aromatic rings. The molecule has 4 nitrogen and oxygen atoms in total. The SMILES string of the molecule is Cc1ccc(CNC(=O)C(C)S(=O)(=O)c2ccccc2C)cc1. The lowest BCUT2D eigenvalue weighted by Crippen LogP contribution is -2.37. The Hall–Kier alpha value is -2.14. The zero-order chi connectivity index (χ0) is 17.0. The highest BCUT2D eigenvalue weighted by Gasteiger charge is 2.30. The van der Waals surface area contributed by atoms with Gasteiger partial charge < -0.3 is 5.32 Å². The molecule has 1 amide bonds. The maximum atomic E-state index is 12.6. The van der Waals surface area contributed by atoms with Crippen molar-refractivity contribution in [1.82, 2.24) is 5.32 Å². The minimum absolute atomic E-state index is 0.206. The van der Waals surface area contributed by atoms with E-state index in [2.05, 4.69) is 5.32 Å². The predicted molar refractivity (Wildman–Crippen MR) is 90.9 cm³/mol. The van der Waals surface area contributed by atoms with Crippen LogP contribution in [0.4, 0.5) is 0 Å². The summed E-state index contributed by atoms with van der Waals surface area (Å²) in [5, 5.41) is 1.56. The van der Waals surface area contributed by atoms with Gasteiger partial charge in [-0.05, 0) is 38.0 Å². The van der Waals surface area contributed by atoms with Crippen LogP contribution in [0.25, 0.3) is 0 Å². The van der Waals surface area contributed by atoms with Gasteiger partial charge in [0, 0.05) is 6.54 Å². The van der Waals surface area contributed by atoms with Gasteiger partial charge in [0.2, 0.25) is 5.91 Å². The van der Waals surface area contributed by atoms with E-state index in [-0.39, 0.29) is 4.90 Å². The Morgan fingerprint density at radius 1 is 1.04 bits per heavy atom. The van der Waals surface area contributed by atoms with Crippen LogP contribution in [-0.2, 0) is 21.2 Å². The molecule has 1 unspecified atom stereocenters. The van der Waals surface area contributed by atoms with E-state index >= 15 is 0 Å². The molecule has 0 radical (unpaired) electrons. The molecule has 0 aliphatic carbocycles. The molecule has 5 heteroatoms. The van der Waals surface area contributed by atoms with Crippen molar-refractivity contribution in [2.24, 2.45) is 0 Å². The highest BCUT2D eigenvalue weighted by Crippen LogP contribution is 2.20. The van der Waals surface area contributed by atoms with Crippen molar-refractivity contribution in [3.63, 3.8) is 0 Å². The Kier molecular flexibility index (Phi) is 5.21. The van der Waals surface area contributed by atoms with Gasteiger partial charge in [-0.1, -0.05) is 48.0 Å². The highest BCUT2D eigenvalue weighted by molar-refractivity contribution is 7.92. The van der Waals surface area contributed by atoms with Gasteiger partial charge in [-0.25, -0.2) is 8.42 Å². The number of hydrogen-bond acceptors (Lipinski definition) is 3. The molecule has 0 aromatic heterocycles. The first kappa shape index (κ1) is 17.2. The summed E-state index contributed by atoms with van der Waals surface area (Å²) in [5.41, 5.74) is 2.71. The minimum Gasteiger partial charge on any atom is -0.351 e. The van der Waals surface area contributed by atoms with Crippen LogP contribution in [0.3, 0.4) is 0 Å². The minimum atomic E-state index is -3.69. The van der Waals surface area contributed by atoms with E-state index in [1.807, 2.05) is 31.2 Å². The molecule has 0 heterocycles. The van der Waals surface area contributed by atoms with Gasteiger partial charge >= 0.3 is 0 Å². The smallest absolute Gasteiger partial charge is 0.238 e. The average molecular weight is 331 g/mol. The van der Waals surface area contributed by atoms with Crippen molar-refractivity contribution in [1.29, 1.82) is 0 Å². The monoisotopic (exact) mass is 331 g/mol. The number of amides is 1. The van der Waals surface area contributed by atoms with Crippen LogP contribution < -0.4 is 5.32 Å². The van der Waals surface area contributed by atoms with Crippen LogP contribution in [-0.4, -0.2) is 19.6 Å². The lowest BCUT2D eigenvalue weighted by Gasteiger charge is -2.15. The van der Waals surface area contributed by atoms with Crippen molar-refractivity contribution < 1.29 is 13.2 Å². The molecule has 0 spiro atoms. The zero-order valence-electron chi connectivity index (χ0n) is 13.5. The maximum Gasteiger partial charge on any atom is 0.238 e. The molecule has 0 aliphatic rings. The van der Waals surface area contributed by atoms with Crippen molar-refractivity contribution in [2.75, 3.05) is 0 Å². The van der Waals surface area contributed by atoms with E-state index < -0.39 is 21.0 Å². The van der Waals surface area contributed by atoms with E-state index in [4.69, 9.17) is 0 Å². The first-order chi connectivity index (χ1) is 10.8. The topological polar surface area (TPSA) is 63.2 Å². The van der Waals surface area contributed by atoms with Gasteiger partial charge in [0.05, 0.1) is 4.90 Å². The Bertz CT molecular complexity index is 795. The molecule has 1 N–H and O–H groups in total. The molecule has 23 heavy (non-hydrogen) atoms. The van der Waals surface area contributed by atoms with Gasteiger partial charge in [0.1, 0.15) is 5.25 Å². The molecular weight excluding hydrogens is 310 g/mol. The van der Waals surface area contributed by atoms with Crippen molar-refractivity contribution in [2.45, 2.75) is 37.5 Å². The second kappa shape index (κ2) is 6.96. The third kappa shape index (κ3) is 3.99. The lowest BCUT2D eigenvalue weighted by molar-refractivity contribution is -0.120. The van der Waals surface area contributed by atoms with Crippen molar-refractivity contribution in [3.8, 4) is 0 Å². The van der Waals surface area contributed by atoms with Gasteiger partial charge in [0.25, 0.3) is 0 Å². The van der Waals surface area contributed by atoms with Gasteiger partial charge in [-0.3, -0.25) is 4.79 Å². The van der Waals surface area contributed by atoms with Crippen LogP contribution in [0.15, 0.2) is 53.4 Å². The summed E-state index contributed by atoms with van der Waals surface area (Å²) in [5.74, 6) is -0.492. The van der Waals surface area contributed by atoms with Crippen LogP contribution in [0.1, 0.15) is 23.6 Å². The second-order valence-electron chi connectivity index (χ2n) is 5.66. The standard InChI is InChI=1S/C18H21NO3S/c1-13-8-10-16(11-9-13)12-19-18(20)15(3)23(21,22)17-7-5-4-6-14(17)2/h4-11,15H,12H2,1-3H3,(H,19,20). The Balaban J connectivity index is 2.10. The first-order valence-electron chi connectivity index (χ1n) is 7.45. The Morgan fingerprint density at radius 3 is 2.26 bits per heavy atom. The summed E-state index contributed by atoms with van der Waals surface area (Å²) in [7, 11) is -3.69.